The molecule has 0 aliphatic heterocycles. The van der Waals surface area contributed by atoms with Gasteiger partial charge < -0.3 is 4.42 Å². The molecule has 0 bridgehead atoms. The van der Waals surface area contributed by atoms with Crippen molar-refractivity contribution < 1.29 is 22.0 Å². The smallest absolute Gasteiger partial charge is 0.260 e. The third-order valence-corrected chi connectivity index (χ3v) is 8.98. The Labute approximate surface area is 223 Å². The number of nitrogens with zero attached hydrogens (tertiary/aromatic N) is 3. The Kier molecular flexibility index (Phi) is 7.37. The number of hydrogen-bond acceptors (Lipinski definition) is 6. The Morgan fingerprint density at radius 1 is 0.974 bits per heavy atom. The molecule has 0 aliphatic rings. The van der Waals surface area contributed by atoms with Crippen molar-refractivity contribution in [2.45, 2.75) is 24.9 Å². The van der Waals surface area contributed by atoms with Crippen LogP contribution in [0.2, 0.25) is 0 Å². The molecule has 2 aromatic heterocycles. The second kappa shape index (κ2) is 10.9. The van der Waals surface area contributed by atoms with Crippen LogP contribution in [0.1, 0.15) is 28.6 Å². The molecule has 0 atom stereocenters. The molecule has 0 radical (unpaired) electrons. The summed E-state index contributed by atoms with van der Waals surface area (Å²) < 4.78 is 47.8. The molecule has 0 aliphatic carbocycles. The first kappa shape index (κ1) is 25.8. The van der Waals surface area contributed by atoms with Gasteiger partial charge in [-0.1, -0.05) is 48.6 Å². The van der Waals surface area contributed by atoms with Crippen LogP contribution >= 0.6 is 11.3 Å². The van der Waals surface area contributed by atoms with Crippen molar-refractivity contribution in [2.24, 2.45) is 0 Å². The number of hydrogen-bond donors (Lipinski definition) is 0. The minimum absolute atomic E-state index is 0.0971. The lowest BCUT2D eigenvalue weighted by Gasteiger charge is -2.21. The largest absolute Gasteiger partial charge is 0.467 e. The van der Waals surface area contributed by atoms with Crippen LogP contribution in [-0.4, -0.2) is 30.2 Å². The van der Waals surface area contributed by atoms with Crippen LogP contribution in [0.4, 0.5) is 9.52 Å². The molecule has 0 fully saturated rings. The average molecular weight is 550 g/mol. The summed E-state index contributed by atoms with van der Waals surface area (Å²) in [5.74, 6) is -0.231. The fourth-order valence-electron chi connectivity index (χ4n) is 4.01. The van der Waals surface area contributed by atoms with Gasteiger partial charge in [0.15, 0.2) is 5.13 Å². The summed E-state index contributed by atoms with van der Waals surface area (Å²) in [4.78, 5) is 19.7. The molecule has 38 heavy (non-hydrogen) atoms. The lowest BCUT2D eigenvalue weighted by Crippen LogP contribution is -2.31. The summed E-state index contributed by atoms with van der Waals surface area (Å²) >= 11 is 1.19. The van der Waals surface area contributed by atoms with E-state index in [-0.39, 0.29) is 35.3 Å². The predicted octanol–water partition coefficient (Wildman–Crippen LogP) is 6.09. The van der Waals surface area contributed by atoms with Crippen LogP contribution in [-0.2, 0) is 23.1 Å². The van der Waals surface area contributed by atoms with E-state index in [0.29, 0.717) is 27.7 Å². The molecular weight excluding hydrogens is 525 g/mol. The zero-order chi connectivity index (χ0) is 26.7. The predicted molar refractivity (Wildman–Crippen MR) is 145 cm³/mol. The van der Waals surface area contributed by atoms with Crippen LogP contribution in [0.25, 0.3) is 10.2 Å². The maximum atomic E-state index is 13.7. The zero-order valence-corrected chi connectivity index (χ0v) is 22.1. The first-order valence-corrected chi connectivity index (χ1v) is 14.2. The minimum Gasteiger partial charge on any atom is -0.467 e. The topological polar surface area (TPSA) is 83.7 Å². The number of aromatic nitrogens is 1. The van der Waals surface area contributed by atoms with Gasteiger partial charge in [-0.25, -0.2) is 17.8 Å². The van der Waals surface area contributed by atoms with Crippen molar-refractivity contribution in [1.82, 2.24) is 9.29 Å². The Hall–Kier alpha value is -3.86. The minimum atomic E-state index is -3.78. The van der Waals surface area contributed by atoms with E-state index in [4.69, 9.17) is 4.42 Å². The van der Waals surface area contributed by atoms with E-state index in [0.717, 1.165) is 5.56 Å². The molecule has 0 unspecified atom stereocenters. The molecule has 10 heteroatoms. The van der Waals surface area contributed by atoms with Gasteiger partial charge in [-0.2, -0.15) is 4.31 Å². The van der Waals surface area contributed by atoms with Gasteiger partial charge in [-0.3, -0.25) is 9.69 Å². The van der Waals surface area contributed by atoms with E-state index in [1.807, 2.05) is 30.3 Å². The van der Waals surface area contributed by atoms with Crippen LogP contribution in [0.5, 0.6) is 0 Å². The third-order valence-electron chi connectivity index (χ3n) is 6.00. The number of furan rings is 1. The van der Waals surface area contributed by atoms with Crippen molar-refractivity contribution >= 4 is 42.6 Å². The SMILES string of the molecule is CCN(Cc1ccccc1)S(=O)(=O)c1ccc(C(=O)N(Cc2ccco2)c2nc3ccc(F)cc3s2)cc1. The van der Waals surface area contributed by atoms with Gasteiger partial charge >= 0.3 is 0 Å². The quantitative estimate of drug-likeness (QED) is 0.222. The summed E-state index contributed by atoms with van der Waals surface area (Å²) in [6, 6.07) is 23.0. The Morgan fingerprint density at radius 2 is 1.74 bits per heavy atom. The number of anilines is 1. The number of halogens is 1. The van der Waals surface area contributed by atoms with Gasteiger partial charge in [-0.15, -0.1) is 0 Å². The van der Waals surface area contributed by atoms with Crippen molar-refractivity contribution in [1.29, 1.82) is 0 Å². The van der Waals surface area contributed by atoms with Gasteiger partial charge in [0.25, 0.3) is 5.91 Å². The number of sulfonamides is 1. The lowest BCUT2D eigenvalue weighted by atomic mass is 10.2. The number of benzene rings is 3. The van der Waals surface area contributed by atoms with Crippen molar-refractivity contribution in [2.75, 3.05) is 11.4 Å². The highest BCUT2D eigenvalue weighted by Gasteiger charge is 2.26. The summed E-state index contributed by atoms with van der Waals surface area (Å²) in [6.07, 6.45) is 1.51. The van der Waals surface area contributed by atoms with E-state index >= 15 is 0 Å². The van der Waals surface area contributed by atoms with Crippen LogP contribution < -0.4 is 4.90 Å². The summed E-state index contributed by atoms with van der Waals surface area (Å²) in [5, 5.41) is 0.378. The third kappa shape index (κ3) is 5.38. The molecule has 5 rings (SSSR count). The molecule has 0 saturated carbocycles. The second-order valence-electron chi connectivity index (χ2n) is 8.52. The van der Waals surface area contributed by atoms with Crippen molar-refractivity contribution in [3.05, 3.63) is 114 Å². The van der Waals surface area contributed by atoms with Gasteiger partial charge in [0.1, 0.15) is 11.6 Å². The van der Waals surface area contributed by atoms with E-state index in [1.165, 1.54) is 63.2 Å². The molecule has 7 nitrogen and oxygen atoms in total. The summed E-state index contributed by atoms with van der Waals surface area (Å²) in [7, 11) is -3.78. The van der Waals surface area contributed by atoms with Crippen LogP contribution in [0, 0.1) is 5.82 Å². The maximum absolute atomic E-state index is 13.7. The number of rotatable bonds is 9. The lowest BCUT2D eigenvalue weighted by molar-refractivity contribution is 0.0983. The molecule has 0 spiro atoms. The normalized spacial score (nSPS) is 11.8. The monoisotopic (exact) mass is 549 g/mol. The maximum Gasteiger partial charge on any atom is 0.260 e. The number of amides is 1. The van der Waals surface area contributed by atoms with Gasteiger partial charge in [-0.05, 0) is 60.2 Å². The molecular formula is C28H24FN3O4S2. The summed E-state index contributed by atoms with van der Waals surface area (Å²) in [6.45, 7) is 2.44. The average Bonchev–Trinajstić information content (AvgIpc) is 3.60. The fraction of sp³-hybridized carbons (Fsp3) is 0.143. The number of fused-ring (bicyclic) bond motifs is 1. The van der Waals surface area contributed by atoms with Gasteiger partial charge in [0.2, 0.25) is 10.0 Å². The fourth-order valence-corrected chi connectivity index (χ4v) is 6.44. The first-order valence-electron chi connectivity index (χ1n) is 11.9. The highest BCUT2D eigenvalue weighted by atomic mass is 32.2. The summed E-state index contributed by atoms with van der Waals surface area (Å²) in [5.41, 5.74) is 1.74. The first-order chi connectivity index (χ1) is 18.3. The van der Waals surface area contributed by atoms with E-state index in [2.05, 4.69) is 4.98 Å². The highest BCUT2D eigenvalue weighted by molar-refractivity contribution is 7.89. The molecule has 5 aromatic rings. The molecule has 2 heterocycles. The zero-order valence-electron chi connectivity index (χ0n) is 20.5. The highest BCUT2D eigenvalue weighted by Crippen LogP contribution is 2.31. The standard InChI is InChI=1S/C28H24FN3O4S2/c1-2-31(18-20-7-4-3-5-8-20)38(34,35)24-13-10-21(11-14-24)27(33)32(19-23-9-6-16-36-23)28-30-25-15-12-22(29)17-26(25)37-28/h3-17H,2,18-19H2,1H3. The van der Waals surface area contributed by atoms with Crippen LogP contribution in [0.3, 0.4) is 0 Å². The Bertz CT molecular complexity index is 1650. The van der Waals surface area contributed by atoms with E-state index in [1.54, 1.807) is 25.1 Å². The Morgan fingerprint density at radius 3 is 2.42 bits per heavy atom. The second-order valence-corrected chi connectivity index (χ2v) is 11.5. The Balaban J connectivity index is 1.43. The van der Waals surface area contributed by atoms with Gasteiger partial charge in [0, 0.05) is 18.7 Å². The number of carbonyl (C=O) groups excluding carboxylic acids is 1. The van der Waals surface area contributed by atoms with Crippen molar-refractivity contribution in [3.63, 3.8) is 0 Å². The van der Waals surface area contributed by atoms with E-state index < -0.39 is 10.0 Å². The number of thiazole rings is 1. The molecule has 3 aromatic carbocycles. The molecule has 0 saturated heterocycles. The number of carbonyl (C=O) groups is 1. The van der Waals surface area contributed by atoms with E-state index in [9.17, 15) is 17.6 Å². The molecule has 0 N–H and O–H groups in total. The molecule has 1 amide bonds. The van der Waals surface area contributed by atoms with Crippen molar-refractivity contribution in [3.8, 4) is 0 Å². The van der Waals surface area contributed by atoms with Crippen LogP contribution in [0.15, 0.2) is 101 Å². The molecule has 194 valence electrons. The van der Waals surface area contributed by atoms with Gasteiger partial charge in [0.05, 0.1) is 27.9 Å².